The quantitative estimate of drug-likeness (QED) is 0.272. The van der Waals surface area contributed by atoms with Gasteiger partial charge in [-0.1, -0.05) is 20.8 Å². The lowest BCUT2D eigenvalue weighted by molar-refractivity contribution is 0.0693. The highest BCUT2D eigenvalue weighted by Gasteiger charge is 2.18. The molecule has 186 valence electrons. The monoisotopic (exact) mass is 489 g/mol. The van der Waals surface area contributed by atoms with Crippen molar-refractivity contribution < 1.29 is 24.2 Å². The first-order chi connectivity index (χ1) is 17.0. The number of ether oxygens (including phenoxy) is 2. The lowest BCUT2D eigenvalue weighted by atomic mass is 9.92. The fourth-order valence-electron chi connectivity index (χ4n) is 3.58. The molecular formula is C26H27N5O5. The van der Waals surface area contributed by atoms with Gasteiger partial charge in [0.05, 0.1) is 12.6 Å². The number of hydrogen-bond donors (Lipinski definition) is 4. The number of aromatic nitrogens is 3. The Kier molecular flexibility index (Phi) is 6.52. The minimum Gasteiger partial charge on any atom is -0.496 e. The highest BCUT2D eigenvalue weighted by Crippen LogP contribution is 2.35. The van der Waals surface area contributed by atoms with Crippen molar-refractivity contribution >= 4 is 34.4 Å². The zero-order valence-corrected chi connectivity index (χ0v) is 20.6. The third kappa shape index (κ3) is 5.22. The molecule has 0 atom stereocenters. The van der Waals surface area contributed by atoms with Crippen LogP contribution in [0.15, 0.2) is 48.7 Å². The van der Waals surface area contributed by atoms with E-state index >= 15 is 0 Å². The van der Waals surface area contributed by atoms with E-state index in [1.165, 1.54) is 13.2 Å². The molecule has 0 fully saturated rings. The van der Waals surface area contributed by atoms with Gasteiger partial charge in [0.2, 0.25) is 0 Å². The van der Waals surface area contributed by atoms with Crippen LogP contribution in [0.3, 0.4) is 0 Å². The zero-order chi connectivity index (χ0) is 26.0. The van der Waals surface area contributed by atoms with Crippen molar-refractivity contribution in [1.82, 2.24) is 15.2 Å². The summed E-state index contributed by atoms with van der Waals surface area (Å²) < 4.78 is 11.3. The summed E-state index contributed by atoms with van der Waals surface area (Å²) in [5, 5.41) is 22.6. The maximum Gasteiger partial charge on any atom is 0.339 e. The van der Waals surface area contributed by atoms with Crippen molar-refractivity contribution in [2.45, 2.75) is 33.1 Å². The fraction of sp³-hybridized carbons (Fsp3) is 0.231. The predicted octanol–water partition coefficient (Wildman–Crippen LogP) is 5.71. The molecule has 0 saturated heterocycles. The van der Waals surface area contributed by atoms with Crippen LogP contribution in [0.25, 0.3) is 10.9 Å². The number of fused-ring (bicyclic) bond motifs is 1. The molecule has 4 rings (SSSR count). The van der Waals surface area contributed by atoms with Crippen LogP contribution in [0.1, 0.15) is 42.4 Å². The summed E-state index contributed by atoms with van der Waals surface area (Å²) in [4.78, 5) is 28.4. The van der Waals surface area contributed by atoms with Crippen molar-refractivity contribution in [3.63, 3.8) is 0 Å². The van der Waals surface area contributed by atoms with Crippen LogP contribution in [0.2, 0.25) is 0 Å². The topological polar surface area (TPSA) is 138 Å². The summed E-state index contributed by atoms with van der Waals surface area (Å²) in [5.74, 6) is 0.520. The molecule has 36 heavy (non-hydrogen) atoms. The molecule has 2 aromatic carbocycles. The third-order valence-electron chi connectivity index (χ3n) is 5.53. The number of aromatic carboxylic acids is 1. The van der Waals surface area contributed by atoms with E-state index in [9.17, 15) is 14.7 Å². The number of pyridine rings is 1. The van der Waals surface area contributed by atoms with Crippen LogP contribution in [-0.2, 0) is 5.41 Å². The molecule has 10 heteroatoms. The van der Waals surface area contributed by atoms with E-state index in [1.54, 1.807) is 42.6 Å². The fourth-order valence-corrected chi connectivity index (χ4v) is 3.58. The first-order valence-electron chi connectivity index (χ1n) is 11.2. The molecule has 0 unspecified atom stereocenters. The summed E-state index contributed by atoms with van der Waals surface area (Å²) in [7, 11) is 1.41. The van der Waals surface area contributed by atoms with Gasteiger partial charge < -0.3 is 19.9 Å². The second-order valence-corrected chi connectivity index (χ2v) is 9.26. The molecule has 0 aliphatic heterocycles. The molecule has 0 bridgehead atoms. The summed E-state index contributed by atoms with van der Waals surface area (Å²) in [6.07, 6.45) is 1.58. The SMILES string of the molecule is COc1cc2nccc(Oc3ccc(NC(=O)Nc4cc(C(C)(C)C)[nH]n4)cc3C)c2cc1C(=O)O. The molecular weight excluding hydrogens is 462 g/mol. The van der Waals surface area contributed by atoms with E-state index in [4.69, 9.17) is 9.47 Å². The average Bonchev–Trinajstić information content (AvgIpc) is 3.29. The first kappa shape index (κ1) is 24.5. The number of carboxylic acid groups (broad SMARTS) is 1. The van der Waals surface area contributed by atoms with Gasteiger partial charge in [-0.3, -0.25) is 15.4 Å². The summed E-state index contributed by atoms with van der Waals surface area (Å²) in [6.45, 7) is 7.99. The molecule has 0 radical (unpaired) electrons. The number of hydrogen-bond acceptors (Lipinski definition) is 6. The highest BCUT2D eigenvalue weighted by atomic mass is 16.5. The van der Waals surface area contributed by atoms with Crippen LogP contribution < -0.4 is 20.1 Å². The Hall–Kier alpha value is -4.60. The van der Waals surface area contributed by atoms with Gasteiger partial charge in [0.15, 0.2) is 5.82 Å². The Morgan fingerprint density at radius 2 is 1.78 bits per heavy atom. The Balaban J connectivity index is 1.51. The van der Waals surface area contributed by atoms with Crippen LogP contribution in [0.4, 0.5) is 16.3 Å². The number of nitrogens with one attached hydrogen (secondary N) is 3. The van der Waals surface area contributed by atoms with Crippen molar-refractivity contribution in [2.75, 3.05) is 17.7 Å². The van der Waals surface area contributed by atoms with Gasteiger partial charge in [0.25, 0.3) is 0 Å². The van der Waals surface area contributed by atoms with E-state index in [0.717, 1.165) is 11.3 Å². The smallest absolute Gasteiger partial charge is 0.339 e. The van der Waals surface area contributed by atoms with Gasteiger partial charge in [-0.15, -0.1) is 0 Å². The Morgan fingerprint density at radius 1 is 1.00 bits per heavy atom. The van der Waals surface area contributed by atoms with Gasteiger partial charge in [-0.2, -0.15) is 5.10 Å². The third-order valence-corrected chi connectivity index (χ3v) is 5.53. The van der Waals surface area contributed by atoms with Gasteiger partial charge in [-0.25, -0.2) is 9.59 Å². The zero-order valence-electron chi connectivity index (χ0n) is 20.6. The predicted molar refractivity (Wildman–Crippen MR) is 136 cm³/mol. The van der Waals surface area contributed by atoms with Crippen molar-refractivity contribution in [3.05, 3.63) is 65.5 Å². The molecule has 2 amide bonds. The summed E-state index contributed by atoms with van der Waals surface area (Å²) in [5.41, 5.74) is 2.68. The maximum atomic E-state index is 12.4. The van der Waals surface area contributed by atoms with Crippen molar-refractivity contribution in [3.8, 4) is 17.2 Å². The number of carbonyl (C=O) groups is 2. The van der Waals surface area contributed by atoms with E-state index in [1.807, 2.05) is 27.7 Å². The minimum absolute atomic E-state index is 0.0108. The maximum absolute atomic E-state index is 12.4. The second kappa shape index (κ2) is 9.57. The van der Waals surface area contributed by atoms with E-state index < -0.39 is 12.0 Å². The van der Waals surface area contributed by atoms with Gasteiger partial charge in [0, 0.05) is 40.5 Å². The van der Waals surface area contributed by atoms with Crippen LogP contribution in [-0.4, -0.2) is 39.4 Å². The van der Waals surface area contributed by atoms with Gasteiger partial charge in [0.1, 0.15) is 22.8 Å². The number of nitrogens with zero attached hydrogens (tertiary/aromatic N) is 2. The standard InChI is InChI=1S/C26H27N5O5/c1-14-10-15(28-25(34)29-23-13-22(30-31-23)26(2,3)4)6-7-19(14)36-20-8-9-27-18-12-21(35-5)17(24(32)33)11-16(18)20/h6-13H,1-5H3,(H,32,33)(H3,28,29,30,31,34). The van der Waals surface area contributed by atoms with Gasteiger partial charge >= 0.3 is 12.0 Å². The number of rotatable bonds is 6. The van der Waals surface area contributed by atoms with E-state index in [0.29, 0.717) is 33.9 Å². The summed E-state index contributed by atoms with van der Waals surface area (Å²) in [6, 6.07) is 11.3. The molecule has 0 aliphatic rings. The molecule has 0 aliphatic carbocycles. The van der Waals surface area contributed by atoms with Crippen LogP contribution in [0.5, 0.6) is 17.2 Å². The molecule has 10 nitrogen and oxygen atoms in total. The van der Waals surface area contributed by atoms with Crippen molar-refractivity contribution in [1.29, 1.82) is 0 Å². The van der Waals surface area contributed by atoms with E-state index in [-0.39, 0.29) is 16.7 Å². The number of anilines is 2. The largest absolute Gasteiger partial charge is 0.496 e. The van der Waals surface area contributed by atoms with Crippen LogP contribution in [0, 0.1) is 6.92 Å². The number of benzene rings is 2. The normalized spacial score (nSPS) is 11.2. The van der Waals surface area contributed by atoms with Crippen molar-refractivity contribution in [2.24, 2.45) is 0 Å². The molecule has 4 N–H and O–H groups in total. The molecule has 2 aromatic heterocycles. The number of amides is 2. The molecule has 4 aromatic rings. The minimum atomic E-state index is -1.11. The number of urea groups is 1. The summed E-state index contributed by atoms with van der Waals surface area (Å²) >= 11 is 0. The number of carbonyl (C=O) groups excluding carboxylic acids is 1. The molecule has 0 saturated carbocycles. The number of aromatic amines is 1. The van der Waals surface area contributed by atoms with Gasteiger partial charge in [-0.05, 0) is 42.8 Å². The average molecular weight is 490 g/mol. The van der Waals surface area contributed by atoms with E-state index in [2.05, 4.69) is 25.8 Å². The number of methoxy groups -OCH3 is 1. The van der Waals surface area contributed by atoms with Crippen LogP contribution >= 0.6 is 0 Å². The Morgan fingerprint density at radius 3 is 2.42 bits per heavy atom. The number of aryl methyl sites for hydroxylation is 1. The number of H-pyrrole nitrogens is 1. The molecule has 2 heterocycles. The lowest BCUT2D eigenvalue weighted by Gasteiger charge is -2.14. The Bertz CT molecular complexity index is 1460. The first-order valence-corrected chi connectivity index (χ1v) is 11.2. The second-order valence-electron chi connectivity index (χ2n) is 9.26. The molecule has 0 spiro atoms. The number of carboxylic acids is 1. The Labute approximate surface area is 207 Å². The lowest BCUT2D eigenvalue weighted by Crippen LogP contribution is -2.19. The highest BCUT2D eigenvalue weighted by molar-refractivity contribution is 6.00.